The van der Waals surface area contributed by atoms with Gasteiger partial charge in [-0.25, -0.2) is 9.78 Å². The number of carboxylic acid groups (broad SMARTS) is 1. The molecule has 1 atom stereocenters. The van der Waals surface area contributed by atoms with E-state index in [2.05, 4.69) is 9.98 Å². The molecule has 1 unspecified atom stereocenters. The summed E-state index contributed by atoms with van der Waals surface area (Å²) < 4.78 is 4.79. The van der Waals surface area contributed by atoms with E-state index >= 15 is 0 Å². The van der Waals surface area contributed by atoms with Gasteiger partial charge in [-0.15, -0.1) is 0 Å². The minimum Gasteiger partial charge on any atom is -0.450 e. The van der Waals surface area contributed by atoms with Crippen molar-refractivity contribution in [3.63, 3.8) is 0 Å². The third-order valence-electron chi connectivity index (χ3n) is 2.36. The van der Waals surface area contributed by atoms with Crippen molar-refractivity contribution < 1.29 is 14.6 Å². The molecule has 8 heteroatoms. The molecule has 1 aliphatic carbocycles. The summed E-state index contributed by atoms with van der Waals surface area (Å²) in [6, 6.07) is 0. The molecule has 1 aliphatic rings. The topological polar surface area (TPSA) is 124 Å². The number of aliphatic imine (C=N–C) groups is 1. The summed E-state index contributed by atoms with van der Waals surface area (Å²) in [5, 5.41) is 9.07. The number of thiazole rings is 1. The lowest BCUT2D eigenvalue weighted by Gasteiger charge is -2.19. The van der Waals surface area contributed by atoms with Crippen LogP contribution in [0.3, 0.4) is 0 Å². The maximum atomic E-state index is 10.5. The van der Waals surface area contributed by atoms with Crippen LogP contribution in [-0.2, 0) is 11.2 Å². The van der Waals surface area contributed by atoms with Crippen molar-refractivity contribution in [3.05, 3.63) is 10.6 Å². The number of nitrogens with zero attached hydrogens (tertiary/aromatic N) is 2. The summed E-state index contributed by atoms with van der Waals surface area (Å²) >= 11 is 1.36. The van der Waals surface area contributed by atoms with Crippen LogP contribution in [0.25, 0.3) is 0 Å². The predicted molar refractivity (Wildman–Crippen MR) is 62.4 cm³/mol. The normalized spacial score (nSPS) is 18.2. The molecule has 92 valence electrons. The summed E-state index contributed by atoms with van der Waals surface area (Å²) in [7, 11) is 0. The Morgan fingerprint density at radius 1 is 1.59 bits per heavy atom. The monoisotopic (exact) mass is 256 g/mol. The van der Waals surface area contributed by atoms with E-state index in [0.29, 0.717) is 17.2 Å². The molecule has 0 amide bonds. The number of aryl methyl sites for hydroxylation is 1. The molecule has 0 aromatic carbocycles. The van der Waals surface area contributed by atoms with E-state index in [1.54, 1.807) is 0 Å². The highest BCUT2D eigenvalue weighted by Gasteiger charge is 2.27. The first-order valence-corrected chi connectivity index (χ1v) is 5.86. The Hall–Kier alpha value is -1.83. The highest BCUT2D eigenvalue weighted by Crippen LogP contribution is 2.38. The Morgan fingerprint density at radius 2 is 2.35 bits per heavy atom. The average Bonchev–Trinajstić information content (AvgIpc) is 2.59. The first-order chi connectivity index (χ1) is 8.06. The van der Waals surface area contributed by atoms with Gasteiger partial charge in [-0.1, -0.05) is 11.3 Å². The first-order valence-electron chi connectivity index (χ1n) is 5.05. The maximum Gasteiger partial charge on any atom is 0.506 e. The van der Waals surface area contributed by atoms with Crippen LogP contribution < -0.4 is 11.5 Å². The van der Waals surface area contributed by atoms with Crippen molar-refractivity contribution in [2.75, 3.05) is 0 Å². The largest absolute Gasteiger partial charge is 0.506 e. The van der Waals surface area contributed by atoms with Crippen LogP contribution in [-0.4, -0.2) is 22.2 Å². The zero-order valence-electron chi connectivity index (χ0n) is 8.92. The second-order valence-electron chi connectivity index (χ2n) is 3.61. The fourth-order valence-corrected chi connectivity index (χ4v) is 2.80. The number of carbonyl (C=O) groups is 1. The van der Waals surface area contributed by atoms with Crippen molar-refractivity contribution in [1.82, 2.24) is 4.98 Å². The Balaban J connectivity index is 2.28. The summed E-state index contributed by atoms with van der Waals surface area (Å²) in [4.78, 5) is 19.6. The van der Waals surface area contributed by atoms with Crippen molar-refractivity contribution in [2.24, 2.45) is 16.5 Å². The van der Waals surface area contributed by atoms with Crippen LogP contribution in [0.4, 0.5) is 9.93 Å². The number of hydrogen-bond acceptors (Lipinski definition) is 5. The van der Waals surface area contributed by atoms with Gasteiger partial charge in [-0.05, 0) is 19.3 Å². The number of nitrogens with two attached hydrogens (primary N) is 2. The Labute approximate surface area is 101 Å². The fraction of sp³-hybridized carbons (Fsp3) is 0.444. The molecular formula is C9H12N4O3S. The number of fused-ring (bicyclic) bond motifs is 1. The van der Waals surface area contributed by atoms with Crippen LogP contribution in [0.2, 0.25) is 0 Å². The molecule has 0 aliphatic heterocycles. The SMILES string of the molecule is NC(N)=Nc1nc2c(s1)CCCC2OC(=O)O. The van der Waals surface area contributed by atoms with E-state index in [1.807, 2.05) is 0 Å². The van der Waals surface area contributed by atoms with Gasteiger partial charge in [0.25, 0.3) is 0 Å². The van der Waals surface area contributed by atoms with Crippen molar-refractivity contribution >= 4 is 28.6 Å². The van der Waals surface area contributed by atoms with E-state index in [1.165, 1.54) is 11.3 Å². The minimum absolute atomic E-state index is 0.0631. The molecular weight excluding hydrogens is 244 g/mol. The van der Waals surface area contributed by atoms with Gasteiger partial charge in [-0.2, -0.15) is 4.99 Å². The summed E-state index contributed by atoms with van der Waals surface area (Å²) in [6.45, 7) is 0. The van der Waals surface area contributed by atoms with Crippen molar-refractivity contribution in [1.29, 1.82) is 0 Å². The quantitative estimate of drug-likeness (QED) is 0.414. The summed E-state index contributed by atoms with van der Waals surface area (Å²) in [5.74, 6) is -0.0631. The third-order valence-corrected chi connectivity index (χ3v) is 3.38. The molecule has 7 nitrogen and oxygen atoms in total. The second kappa shape index (κ2) is 4.58. The fourth-order valence-electron chi connectivity index (χ4n) is 1.76. The molecule has 17 heavy (non-hydrogen) atoms. The van der Waals surface area contributed by atoms with Crippen LogP contribution >= 0.6 is 11.3 Å². The Morgan fingerprint density at radius 3 is 3.00 bits per heavy atom. The van der Waals surface area contributed by atoms with Gasteiger partial charge in [0, 0.05) is 4.88 Å². The van der Waals surface area contributed by atoms with Gasteiger partial charge in [0.15, 0.2) is 5.96 Å². The molecule has 1 aromatic heterocycles. The lowest BCUT2D eigenvalue weighted by molar-refractivity contribution is 0.0425. The minimum atomic E-state index is -1.29. The van der Waals surface area contributed by atoms with Crippen LogP contribution in [0.5, 0.6) is 0 Å². The number of aromatic nitrogens is 1. The first kappa shape index (κ1) is 11.6. The van der Waals surface area contributed by atoms with Crippen molar-refractivity contribution in [3.8, 4) is 0 Å². The van der Waals surface area contributed by atoms with E-state index < -0.39 is 12.3 Å². The molecule has 0 saturated heterocycles. The smallest absolute Gasteiger partial charge is 0.450 e. The van der Waals surface area contributed by atoms with E-state index in [9.17, 15) is 4.79 Å². The van der Waals surface area contributed by atoms with E-state index in [-0.39, 0.29) is 5.96 Å². The molecule has 1 heterocycles. The van der Waals surface area contributed by atoms with Crippen LogP contribution in [0, 0.1) is 0 Å². The molecule has 0 fully saturated rings. The van der Waals surface area contributed by atoms with Gasteiger partial charge in [0.2, 0.25) is 5.13 Å². The highest BCUT2D eigenvalue weighted by atomic mass is 32.1. The van der Waals surface area contributed by atoms with Gasteiger partial charge in [-0.3, -0.25) is 0 Å². The van der Waals surface area contributed by atoms with E-state index in [4.69, 9.17) is 21.3 Å². The molecule has 0 radical (unpaired) electrons. The van der Waals surface area contributed by atoms with Gasteiger partial charge < -0.3 is 21.3 Å². The zero-order valence-corrected chi connectivity index (χ0v) is 9.74. The molecule has 5 N–H and O–H groups in total. The summed E-state index contributed by atoms with van der Waals surface area (Å²) in [6.07, 6.45) is 0.570. The zero-order chi connectivity index (χ0) is 12.4. The number of guanidine groups is 1. The number of ether oxygens (including phenoxy) is 1. The molecule has 2 rings (SSSR count). The van der Waals surface area contributed by atoms with Crippen LogP contribution in [0.15, 0.2) is 4.99 Å². The Bertz CT molecular complexity index is 467. The van der Waals surface area contributed by atoms with Gasteiger partial charge >= 0.3 is 6.16 Å². The third kappa shape index (κ3) is 2.64. The molecule has 0 bridgehead atoms. The van der Waals surface area contributed by atoms with E-state index in [0.717, 1.165) is 17.7 Å². The standard InChI is InChI=1S/C9H12N4O3S/c10-7(11)13-8-12-6-4(16-9(14)15)2-1-3-5(6)17-8/h4H,1-3H2,(H,14,15)(H4,10,11,12,13). The molecule has 1 aromatic rings. The second-order valence-corrected chi connectivity index (χ2v) is 4.67. The van der Waals surface area contributed by atoms with Gasteiger partial charge in [0.1, 0.15) is 6.10 Å². The lowest BCUT2D eigenvalue weighted by atomic mass is 10.0. The maximum absolute atomic E-state index is 10.5. The van der Waals surface area contributed by atoms with Crippen molar-refractivity contribution in [2.45, 2.75) is 25.4 Å². The number of rotatable bonds is 2. The Kier molecular flexibility index (Phi) is 3.14. The van der Waals surface area contributed by atoms with Crippen LogP contribution in [0.1, 0.15) is 29.5 Å². The molecule has 0 spiro atoms. The average molecular weight is 256 g/mol. The molecule has 0 saturated carbocycles. The highest BCUT2D eigenvalue weighted by molar-refractivity contribution is 7.15. The number of hydrogen-bond donors (Lipinski definition) is 3. The van der Waals surface area contributed by atoms with Gasteiger partial charge in [0.05, 0.1) is 5.69 Å². The predicted octanol–water partition coefficient (Wildman–Crippen LogP) is 1.12. The summed E-state index contributed by atoms with van der Waals surface area (Å²) in [5.41, 5.74) is 11.2. The lowest BCUT2D eigenvalue weighted by Crippen LogP contribution is -2.21.